The Bertz CT molecular complexity index is 1490. The van der Waals surface area contributed by atoms with Crippen LogP contribution in [0.25, 0.3) is 0 Å². The molecule has 5 rings (SSSR count). The number of ether oxygens (including phenoxy) is 3. The average molecular weight is 637 g/mol. The number of nitrogens with zero attached hydrogens (tertiary/aromatic N) is 2. The Kier molecular flexibility index (Phi) is 10.7. The number of nitrogens with one attached hydrogen (secondary N) is 2. The van der Waals surface area contributed by atoms with Crippen LogP contribution in [0.4, 0.5) is 17.1 Å². The third kappa shape index (κ3) is 7.58. The van der Waals surface area contributed by atoms with Gasteiger partial charge in [-0.2, -0.15) is 0 Å². The van der Waals surface area contributed by atoms with Crippen LogP contribution in [0, 0.1) is 0 Å². The number of anilines is 3. The summed E-state index contributed by atoms with van der Waals surface area (Å²) in [5.41, 5.74) is 1.93. The van der Waals surface area contributed by atoms with Crippen LogP contribution in [0.1, 0.15) is 27.1 Å². The number of likely N-dealkylation sites (N-methyl/N-ethyl adjacent to an activating group) is 1. The molecule has 6 N–H and O–H groups in total. The fraction of sp³-hybridized carbons (Fsp3) is 0.394. The van der Waals surface area contributed by atoms with Gasteiger partial charge in [0.15, 0.2) is 0 Å². The highest BCUT2D eigenvalue weighted by Gasteiger charge is 2.45. The van der Waals surface area contributed by atoms with Crippen molar-refractivity contribution < 1.29 is 44.2 Å². The van der Waals surface area contributed by atoms with Crippen molar-refractivity contribution in [1.29, 1.82) is 0 Å². The molecule has 13 heteroatoms. The lowest BCUT2D eigenvalue weighted by molar-refractivity contribution is -0.277. The van der Waals surface area contributed by atoms with Crippen LogP contribution in [0.15, 0.2) is 66.7 Å². The molecule has 0 bridgehead atoms. The lowest BCUT2D eigenvalue weighted by atomic mass is 9.99. The fourth-order valence-electron chi connectivity index (χ4n) is 5.40. The van der Waals surface area contributed by atoms with Crippen molar-refractivity contribution in [2.24, 2.45) is 0 Å². The van der Waals surface area contributed by atoms with E-state index in [1.165, 1.54) is 13.2 Å². The van der Waals surface area contributed by atoms with Gasteiger partial charge in [-0.05, 0) is 80.7 Å². The Hall–Kier alpha value is -4.24. The Labute approximate surface area is 266 Å². The summed E-state index contributed by atoms with van der Waals surface area (Å²) >= 11 is 0. The number of aliphatic hydroxyl groups is 4. The number of aliphatic hydroxyl groups excluding tert-OH is 4. The molecule has 0 saturated carbocycles. The minimum atomic E-state index is -1.69. The van der Waals surface area contributed by atoms with E-state index in [0.29, 0.717) is 16.9 Å². The normalized spacial score (nSPS) is 23.7. The Balaban J connectivity index is 1.41. The molecule has 2 saturated heterocycles. The molecule has 2 heterocycles. The van der Waals surface area contributed by atoms with Gasteiger partial charge < -0.3 is 55.1 Å². The largest absolute Gasteiger partial charge is 0.497 e. The Morgan fingerprint density at radius 1 is 0.848 bits per heavy atom. The molecule has 0 aromatic heterocycles. The smallest absolute Gasteiger partial charge is 0.255 e. The van der Waals surface area contributed by atoms with Gasteiger partial charge in [0.25, 0.3) is 11.8 Å². The molecule has 46 heavy (non-hydrogen) atoms. The first-order valence-electron chi connectivity index (χ1n) is 15.1. The molecular weight excluding hydrogens is 596 g/mol. The molecule has 2 aliphatic rings. The highest BCUT2D eigenvalue weighted by Crippen LogP contribution is 2.36. The minimum absolute atomic E-state index is 0.00415. The van der Waals surface area contributed by atoms with Crippen LogP contribution in [0.2, 0.25) is 0 Å². The van der Waals surface area contributed by atoms with Crippen molar-refractivity contribution in [3.8, 4) is 11.5 Å². The van der Waals surface area contributed by atoms with Gasteiger partial charge in [-0.15, -0.1) is 0 Å². The lowest BCUT2D eigenvalue weighted by Gasteiger charge is -2.39. The van der Waals surface area contributed by atoms with Crippen LogP contribution in [-0.2, 0) is 4.74 Å². The molecule has 2 fully saturated rings. The second-order valence-electron chi connectivity index (χ2n) is 11.3. The number of rotatable bonds is 9. The Morgan fingerprint density at radius 3 is 2.20 bits per heavy atom. The summed E-state index contributed by atoms with van der Waals surface area (Å²) in [6, 6.07) is 18.3. The zero-order chi connectivity index (χ0) is 32.8. The number of amides is 2. The summed E-state index contributed by atoms with van der Waals surface area (Å²) in [5.74, 6) is -0.397. The van der Waals surface area contributed by atoms with E-state index in [2.05, 4.69) is 27.5 Å². The molecule has 0 spiro atoms. The van der Waals surface area contributed by atoms with Gasteiger partial charge in [-0.25, -0.2) is 0 Å². The van der Waals surface area contributed by atoms with E-state index in [4.69, 9.17) is 14.2 Å². The number of carbonyl (C=O) groups is 2. The number of methoxy groups -OCH3 is 1. The van der Waals surface area contributed by atoms with E-state index in [1.807, 2.05) is 12.1 Å². The number of hydrogen-bond donors (Lipinski definition) is 6. The van der Waals surface area contributed by atoms with Gasteiger partial charge >= 0.3 is 0 Å². The summed E-state index contributed by atoms with van der Waals surface area (Å²) in [7, 11) is 3.62. The molecule has 3 aromatic rings. The van der Waals surface area contributed by atoms with Crippen LogP contribution >= 0.6 is 0 Å². The number of hydrogen-bond acceptors (Lipinski definition) is 11. The molecule has 2 amide bonds. The third-order valence-corrected chi connectivity index (χ3v) is 8.17. The van der Waals surface area contributed by atoms with Crippen molar-refractivity contribution in [3.63, 3.8) is 0 Å². The summed E-state index contributed by atoms with van der Waals surface area (Å²) < 4.78 is 16.6. The van der Waals surface area contributed by atoms with Crippen LogP contribution < -0.4 is 25.0 Å². The summed E-state index contributed by atoms with van der Waals surface area (Å²) in [5, 5.41) is 46.3. The molecule has 246 valence electrons. The minimum Gasteiger partial charge on any atom is -0.497 e. The van der Waals surface area contributed by atoms with Gasteiger partial charge in [-0.3, -0.25) is 9.59 Å². The summed E-state index contributed by atoms with van der Waals surface area (Å²) in [6.07, 6.45) is -6.63. The van der Waals surface area contributed by atoms with Crippen molar-refractivity contribution >= 4 is 28.9 Å². The van der Waals surface area contributed by atoms with E-state index in [-0.39, 0.29) is 17.1 Å². The second kappa shape index (κ2) is 14.9. The highest BCUT2D eigenvalue weighted by atomic mass is 16.7. The maximum atomic E-state index is 13.6. The highest BCUT2D eigenvalue weighted by molar-refractivity contribution is 6.11. The van der Waals surface area contributed by atoms with Crippen molar-refractivity contribution in [2.75, 3.05) is 62.5 Å². The van der Waals surface area contributed by atoms with Gasteiger partial charge in [0, 0.05) is 36.4 Å². The van der Waals surface area contributed by atoms with Crippen molar-refractivity contribution in [2.45, 2.75) is 37.1 Å². The van der Waals surface area contributed by atoms with E-state index in [1.54, 1.807) is 48.5 Å². The molecule has 3 aromatic carbocycles. The van der Waals surface area contributed by atoms with Crippen LogP contribution in [0.3, 0.4) is 0 Å². The van der Waals surface area contributed by atoms with Crippen LogP contribution in [0.5, 0.6) is 11.5 Å². The van der Waals surface area contributed by atoms with Crippen molar-refractivity contribution in [1.82, 2.24) is 4.90 Å². The van der Waals surface area contributed by atoms with Gasteiger partial charge in [-0.1, -0.05) is 6.07 Å². The van der Waals surface area contributed by atoms with Gasteiger partial charge in [0.2, 0.25) is 6.29 Å². The first-order chi connectivity index (χ1) is 22.2. The quantitative estimate of drug-likeness (QED) is 0.201. The zero-order valence-electron chi connectivity index (χ0n) is 25.7. The van der Waals surface area contributed by atoms with E-state index >= 15 is 0 Å². The third-order valence-electron chi connectivity index (χ3n) is 8.17. The molecule has 0 aliphatic carbocycles. The first kappa shape index (κ1) is 33.1. The second-order valence-corrected chi connectivity index (χ2v) is 11.3. The predicted molar refractivity (Wildman–Crippen MR) is 171 cm³/mol. The summed E-state index contributed by atoms with van der Waals surface area (Å²) in [4.78, 5) is 31.3. The fourth-order valence-corrected chi connectivity index (χ4v) is 5.40. The first-order valence-corrected chi connectivity index (χ1v) is 15.1. The lowest BCUT2D eigenvalue weighted by Crippen LogP contribution is -2.60. The molecular formula is C33H40N4O9. The number of carbonyl (C=O) groups excluding carboxylic acids is 2. The maximum Gasteiger partial charge on any atom is 0.255 e. The molecule has 5 atom stereocenters. The van der Waals surface area contributed by atoms with Gasteiger partial charge in [0.05, 0.1) is 19.4 Å². The van der Waals surface area contributed by atoms with Crippen LogP contribution in [-0.4, -0.2) is 115 Å². The van der Waals surface area contributed by atoms with E-state index < -0.39 is 49.1 Å². The molecule has 2 aliphatic heterocycles. The zero-order valence-corrected chi connectivity index (χ0v) is 25.7. The number of benzene rings is 3. The van der Waals surface area contributed by atoms with E-state index in [9.17, 15) is 30.0 Å². The number of para-hydroxylation sites is 1. The predicted octanol–water partition coefficient (Wildman–Crippen LogP) is 1.52. The average Bonchev–Trinajstić information content (AvgIpc) is 3.30. The summed E-state index contributed by atoms with van der Waals surface area (Å²) in [6.45, 7) is 3.12. The molecule has 0 radical (unpaired) electrons. The topological polar surface area (TPSA) is 173 Å². The Morgan fingerprint density at radius 2 is 1.52 bits per heavy atom. The maximum absolute atomic E-state index is 13.6. The van der Waals surface area contributed by atoms with E-state index in [0.717, 1.165) is 38.3 Å². The standard InChI is InChI=1S/C33H40N4O9/c1-36-15-4-16-37(18-17-36)22-11-7-20(8-12-22)32(43)35-27-24(34-31(42)21-9-13-23(44-2)14-10-21)5-3-6-25(27)45-33-30(41)29(40)28(39)26(19-38)46-33/h3,5-14,26,28-30,33,38-41H,4,15-19H2,1-2H3,(H,34,42)(H,35,43)/t26-,28-,29+,30-,33-/m1/s1. The SMILES string of the molecule is COc1ccc(C(=O)Nc2cccc(O[C@@H]3O[C@H](CO)[C@@H](O)[C@H](O)[C@H]3O)c2NC(=O)c2ccc(N3CCCN(C)CC3)cc2)cc1. The monoisotopic (exact) mass is 636 g/mol. The molecule has 0 unspecified atom stereocenters. The van der Waals surface area contributed by atoms with Crippen molar-refractivity contribution in [3.05, 3.63) is 77.9 Å². The molecule has 13 nitrogen and oxygen atoms in total. The van der Waals surface area contributed by atoms with Gasteiger partial charge in [0.1, 0.15) is 41.6 Å².